The van der Waals surface area contributed by atoms with Crippen molar-refractivity contribution in [3.63, 3.8) is 0 Å². The number of nitrogens with zero attached hydrogens (tertiary/aromatic N) is 3. The van der Waals surface area contributed by atoms with E-state index >= 15 is 0 Å². The van der Waals surface area contributed by atoms with E-state index in [0.29, 0.717) is 6.07 Å². The molecule has 8 heteroatoms. The Bertz CT molecular complexity index is 498. The van der Waals surface area contributed by atoms with Crippen molar-refractivity contribution in [2.45, 2.75) is 6.18 Å². The van der Waals surface area contributed by atoms with E-state index in [9.17, 15) is 18.3 Å². The van der Waals surface area contributed by atoms with Crippen LogP contribution in [-0.2, 0) is 27.2 Å². The van der Waals surface area contributed by atoms with Crippen LogP contribution in [0.15, 0.2) is 30.5 Å². The van der Waals surface area contributed by atoms with E-state index in [-0.39, 0.29) is 26.9 Å². The van der Waals surface area contributed by atoms with Gasteiger partial charge in [-0.15, -0.1) is 0 Å². The zero-order valence-corrected chi connectivity index (χ0v) is 11.2. The smallest absolute Gasteiger partial charge is 0.435 e. The average Bonchev–Trinajstić information content (AvgIpc) is 2.61. The molecule has 0 unspecified atom stereocenters. The summed E-state index contributed by atoms with van der Waals surface area (Å²) in [6.07, 6.45) is -3.19. The molecular formula is C9H6F3N3OW. The number of halogens is 3. The summed E-state index contributed by atoms with van der Waals surface area (Å²) in [5.74, 6) is -0.485. The molecule has 2 heterocycles. The maximum Gasteiger partial charge on any atom is 0.435 e. The molecule has 1 N–H and O–H groups in total. The zero-order valence-electron chi connectivity index (χ0n) is 8.22. The number of aromatic nitrogens is 3. The van der Waals surface area contributed by atoms with Crippen LogP contribution in [0.2, 0.25) is 0 Å². The van der Waals surface area contributed by atoms with Gasteiger partial charge in [-0.25, -0.2) is 4.98 Å². The summed E-state index contributed by atoms with van der Waals surface area (Å²) in [6, 6.07) is 5.17. The van der Waals surface area contributed by atoms with Gasteiger partial charge in [-0.05, 0) is 12.1 Å². The Balaban J connectivity index is 0.00000144. The number of hydrogen-bond donors (Lipinski definition) is 1. The van der Waals surface area contributed by atoms with Crippen molar-refractivity contribution in [1.29, 1.82) is 0 Å². The van der Waals surface area contributed by atoms with Crippen LogP contribution >= 0.6 is 0 Å². The molecular weight excluding hydrogens is 407 g/mol. The Kier molecular flexibility index (Phi) is 3.93. The van der Waals surface area contributed by atoms with E-state index in [1.165, 1.54) is 12.3 Å². The quantitative estimate of drug-likeness (QED) is 0.779. The molecule has 0 aromatic carbocycles. The zero-order chi connectivity index (χ0) is 11.8. The van der Waals surface area contributed by atoms with E-state index < -0.39 is 17.8 Å². The van der Waals surface area contributed by atoms with E-state index in [2.05, 4.69) is 10.1 Å². The Labute approximate surface area is 108 Å². The SMILES string of the molecule is Oc1cc(C(F)(F)F)nn1-c1ccccn1.[W]. The monoisotopic (exact) mass is 413 g/mol. The van der Waals surface area contributed by atoms with Crippen LogP contribution in [0.5, 0.6) is 5.88 Å². The first-order chi connectivity index (χ1) is 7.48. The van der Waals surface area contributed by atoms with Crippen molar-refractivity contribution >= 4 is 0 Å². The third-order valence-corrected chi connectivity index (χ3v) is 1.85. The van der Waals surface area contributed by atoms with Gasteiger partial charge in [0.25, 0.3) is 0 Å². The average molecular weight is 413 g/mol. The van der Waals surface area contributed by atoms with Gasteiger partial charge < -0.3 is 5.11 Å². The summed E-state index contributed by atoms with van der Waals surface area (Å²) in [4.78, 5) is 3.78. The Morgan fingerprint density at radius 2 is 1.94 bits per heavy atom. The second kappa shape index (κ2) is 4.87. The maximum atomic E-state index is 12.3. The van der Waals surface area contributed by atoms with Gasteiger partial charge in [0, 0.05) is 33.3 Å². The number of pyridine rings is 1. The second-order valence-corrected chi connectivity index (χ2v) is 2.99. The first-order valence-corrected chi connectivity index (χ1v) is 4.26. The van der Waals surface area contributed by atoms with Gasteiger partial charge >= 0.3 is 6.18 Å². The molecule has 0 aliphatic heterocycles. The number of rotatable bonds is 1. The third kappa shape index (κ3) is 2.85. The van der Waals surface area contributed by atoms with Gasteiger partial charge in [-0.2, -0.15) is 23.0 Å². The van der Waals surface area contributed by atoms with Gasteiger partial charge in [0.05, 0.1) is 0 Å². The molecule has 0 spiro atoms. The molecule has 0 amide bonds. The predicted molar refractivity (Wildman–Crippen MR) is 48.0 cm³/mol. The summed E-state index contributed by atoms with van der Waals surface area (Å²) in [6.45, 7) is 0. The second-order valence-electron chi connectivity index (χ2n) is 2.99. The van der Waals surface area contributed by atoms with E-state index in [1.807, 2.05) is 0 Å². The van der Waals surface area contributed by atoms with E-state index in [4.69, 9.17) is 0 Å². The fourth-order valence-corrected chi connectivity index (χ4v) is 1.16. The maximum absolute atomic E-state index is 12.3. The van der Waals surface area contributed by atoms with Gasteiger partial charge in [0.2, 0.25) is 5.88 Å². The summed E-state index contributed by atoms with van der Waals surface area (Å²) in [5.41, 5.74) is -1.16. The molecule has 4 nitrogen and oxygen atoms in total. The van der Waals surface area contributed by atoms with E-state index in [0.717, 1.165) is 4.68 Å². The fraction of sp³-hybridized carbons (Fsp3) is 0.111. The molecule has 17 heavy (non-hydrogen) atoms. The Hall–Kier alpha value is -1.36. The van der Waals surface area contributed by atoms with Crippen molar-refractivity contribution in [3.05, 3.63) is 36.2 Å². The van der Waals surface area contributed by atoms with Gasteiger partial charge in [-0.1, -0.05) is 6.07 Å². The van der Waals surface area contributed by atoms with Gasteiger partial charge in [-0.3, -0.25) is 0 Å². The number of hydrogen-bond acceptors (Lipinski definition) is 3. The van der Waals surface area contributed by atoms with Gasteiger partial charge in [0.15, 0.2) is 11.5 Å². The molecule has 0 bridgehead atoms. The molecule has 2 aromatic rings. The molecule has 0 saturated carbocycles. The molecule has 2 rings (SSSR count). The molecule has 0 saturated heterocycles. The predicted octanol–water partition coefficient (Wildman–Crippen LogP) is 1.99. The minimum atomic E-state index is -4.59. The summed E-state index contributed by atoms with van der Waals surface area (Å²) in [5, 5.41) is 12.5. The molecule has 0 fully saturated rings. The minimum absolute atomic E-state index is 0. The first kappa shape index (κ1) is 13.7. The van der Waals surface area contributed by atoms with Crippen molar-refractivity contribution in [3.8, 4) is 11.7 Å². The molecule has 0 aliphatic carbocycles. The number of aromatic hydroxyl groups is 1. The Morgan fingerprint density at radius 1 is 1.24 bits per heavy atom. The molecule has 0 aliphatic rings. The van der Waals surface area contributed by atoms with Gasteiger partial charge in [0.1, 0.15) is 0 Å². The van der Waals surface area contributed by atoms with Crippen LogP contribution in [0.4, 0.5) is 13.2 Å². The van der Waals surface area contributed by atoms with E-state index in [1.54, 1.807) is 12.1 Å². The van der Waals surface area contributed by atoms with Crippen LogP contribution in [-0.4, -0.2) is 19.9 Å². The van der Waals surface area contributed by atoms with Crippen LogP contribution < -0.4 is 0 Å². The number of alkyl halides is 3. The molecule has 0 radical (unpaired) electrons. The molecule has 90 valence electrons. The van der Waals surface area contributed by atoms with Crippen molar-refractivity contribution in [2.24, 2.45) is 0 Å². The van der Waals surface area contributed by atoms with Crippen molar-refractivity contribution < 1.29 is 39.3 Å². The first-order valence-electron chi connectivity index (χ1n) is 4.26. The van der Waals surface area contributed by atoms with Crippen molar-refractivity contribution in [2.75, 3.05) is 0 Å². The largest absolute Gasteiger partial charge is 0.493 e. The third-order valence-electron chi connectivity index (χ3n) is 1.85. The Morgan fingerprint density at radius 3 is 2.41 bits per heavy atom. The topological polar surface area (TPSA) is 50.9 Å². The van der Waals surface area contributed by atoms with Crippen LogP contribution in [0.3, 0.4) is 0 Å². The molecule has 0 atom stereocenters. The normalized spacial score (nSPS) is 11.0. The minimum Gasteiger partial charge on any atom is -0.493 e. The molecule has 2 aromatic heterocycles. The van der Waals surface area contributed by atoms with Crippen LogP contribution in [0.1, 0.15) is 5.69 Å². The standard InChI is InChI=1S/C9H6F3N3O.W/c10-9(11,12)6-5-8(16)15(14-6)7-3-1-2-4-13-7;/h1-5,16H;. The van der Waals surface area contributed by atoms with Crippen LogP contribution in [0.25, 0.3) is 5.82 Å². The summed E-state index contributed by atoms with van der Waals surface area (Å²) < 4.78 is 37.6. The summed E-state index contributed by atoms with van der Waals surface area (Å²) in [7, 11) is 0. The summed E-state index contributed by atoms with van der Waals surface area (Å²) >= 11 is 0. The van der Waals surface area contributed by atoms with Crippen molar-refractivity contribution in [1.82, 2.24) is 14.8 Å². The fourth-order valence-electron chi connectivity index (χ4n) is 1.16. The van der Waals surface area contributed by atoms with Crippen LogP contribution in [0, 0.1) is 0 Å².